The van der Waals surface area contributed by atoms with Gasteiger partial charge in [0, 0.05) is 18.7 Å². The van der Waals surface area contributed by atoms with E-state index in [1.54, 1.807) is 31.2 Å². The Morgan fingerprint density at radius 3 is 2.48 bits per heavy atom. The lowest BCUT2D eigenvalue weighted by molar-refractivity contribution is 0.102. The van der Waals surface area contributed by atoms with Gasteiger partial charge in [0.25, 0.3) is 5.91 Å². The number of carbonyl (C=O) groups is 1. The molecule has 1 amide bonds. The lowest BCUT2D eigenvalue weighted by atomic mass is 10.1. The molecule has 1 fully saturated rings. The second-order valence-corrected chi connectivity index (χ2v) is 10.9. The lowest BCUT2D eigenvalue weighted by Crippen LogP contribution is -2.27. The second kappa shape index (κ2) is 8.66. The Hall–Kier alpha value is -3.14. The Morgan fingerprint density at radius 2 is 1.76 bits per heavy atom. The zero-order valence-electron chi connectivity index (χ0n) is 18.0. The van der Waals surface area contributed by atoms with E-state index < -0.39 is 10.0 Å². The molecule has 0 spiro atoms. The number of sulfonamides is 1. The van der Waals surface area contributed by atoms with Crippen molar-refractivity contribution < 1.29 is 13.2 Å². The van der Waals surface area contributed by atoms with Gasteiger partial charge in [-0.15, -0.1) is 0 Å². The zero-order chi connectivity index (χ0) is 23.0. The maximum absolute atomic E-state index is 12.9. The molecule has 7 nitrogen and oxygen atoms in total. The van der Waals surface area contributed by atoms with E-state index in [2.05, 4.69) is 15.3 Å². The molecule has 0 atom stereocenters. The Morgan fingerprint density at radius 1 is 1.00 bits per heavy atom. The zero-order valence-corrected chi connectivity index (χ0v) is 19.6. The number of benzene rings is 2. The number of carbonyl (C=O) groups excluding carboxylic acids is 1. The molecule has 0 saturated carbocycles. The highest BCUT2D eigenvalue weighted by atomic mass is 32.2. The molecule has 1 saturated heterocycles. The molecular weight excluding hydrogens is 456 g/mol. The van der Waals surface area contributed by atoms with Crippen LogP contribution in [0.25, 0.3) is 21.5 Å². The van der Waals surface area contributed by atoms with E-state index in [0.717, 1.165) is 24.1 Å². The quantitative estimate of drug-likeness (QED) is 0.449. The summed E-state index contributed by atoms with van der Waals surface area (Å²) in [7, 11) is -3.50. The standard InChI is InChI=1S/C24H22N4O3S2/c1-16-19(10-12-20(25-16)17-7-3-2-4-8-17)23(29)27-24-26-21-11-9-18(15-22(21)32-24)33(30,31)28-13-5-6-14-28/h2-4,7-12,15H,5-6,13-14H2,1H3,(H,26,27,29). The fourth-order valence-corrected chi connectivity index (χ4v) is 6.45. The van der Waals surface area contributed by atoms with Crippen LogP contribution in [0.2, 0.25) is 0 Å². The highest BCUT2D eigenvalue weighted by molar-refractivity contribution is 7.89. The van der Waals surface area contributed by atoms with Crippen molar-refractivity contribution in [3.8, 4) is 11.3 Å². The third-order valence-electron chi connectivity index (χ3n) is 5.68. The fraction of sp³-hybridized carbons (Fsp3) is 0.208. The molecule has 3 heterocycles. The van der Waals surface area contributed by atoms with Crippen LogP contribution >= 0.6 is 11.3 Å². The lowest BCUT2D eigenvalue weighted by Gasteiger charge is -2.15. The van der Waals surface area contributed by atoms with Crippen LogP contribution in [-0.2, 0) is 10.0 Å². The van der Waals surface area contributed by atoms with Crippen LogP contribution in [0.5, 0.6) is 0 Å². The third kappa shape index (κ3) is 4.27. The molecule has 1 N–H and O–H groups in total. The molecule has 33 heavy (non-hydrogen) atoms. The van der Waals surface area contributed by atoms with Crippen molar-refractivity contribution in [2.24, 2.45) is 0 Å². The number of aromatic nitrogens is 2. The summed E-state index contributed by atoms with van der Waals surface area (Å²) in [5.41, 5.74) is 3.51. The number of amides is 1. The minimum Gasteiger partial charge on any atom is -0.298 e. The molecule has 5 rings (SSSR count). The molecule has 2 aromatic carbocycles. The van der Waals surface area contributed by atoms with E-state index in [1.807, 2.05) is 36.4 Å². The first-order valence-electron chi connectivity index (χ1n) is 10.7. The normalized spacial score (nSPS) is 14.6. The summed E-state index contributed by atoms with van der Waals surface area (Å²) in [5.74, 6) is -0.302. The second-order valence-electron chi connectivity index (χ2n) is 7.91. The molecule has 4 aromatic rings. The maximum atomic E-state index is 12.9. The monoisotopic (exact) mass is 478 g/mol. The Balaban J connectivity index is 1.37. The van der Waals surface area contributed by atoms with Crippen molar-refractivity contribution in [3.63, 3.8) is 0 Å². The van der Waals surface area contributed by atoms with Crippen molar-refractivity contribution in [1.82, 2.24) is 14.3 Å². The van der Waals surface area contributed by atoms with Crippen LogP contribution in [0, 0.1) is 6.92 Å². The largest absolute Gasteiger partial charge is 0.298 e. The average Bonchev–Trinajstić information content (AvgIpc) is 3.49. The van der Waals surface area contributed by atoms with E-state index in [0.29, 0.717) is 39.7 Å². The first-order chi connectivity index (χ1) is 15.9. The van der Waals surface area contributed by atoms with E-state index in [1.165, 1.54) is 15.6 Å². The summed E-state index contributed by atoms with van der Waals surface area (Å²) >= 11 is 1.25. The number of fused-ring (bicyclic) bond motifs is 1. The third-order valence-corrected chi connectivity index (χ3v) is 8.51. The number of rotatable bonds is 5. The van der Waals surface area contributed by atoms with Gasteiger partial charge >= 0.3 is 0 Å². The van der Waals surface area contributed by atoms with E-state index in [4.69, 9.17) is 0 Å². The van der Waals surface area contributed by atoms with Crippen LogP contribution in [0.15, 0.2) is 65.6 Å². The minimum absolute atomic E-state index is 0.259. The maximum Gasteiger partial charge on any atom is 0.259 e. The molecule has 0 radical (unpaired) electrons. The SMILES string of the molecule is Cc1nc(-c2ccccc2)ccc1C(=O)Nc1nc2ccc(S(=O)(=O)N3CCCC3)cc2s1. The molecule has 1 aliphatic heterocycles. The number of anilines is 1. The number of hydrogen-bond donors (Lipinski definition) is 1. The number of nitrogens with zero attached hydrogens (tertiary/aromatic N) is 3. The molecule has 0 aliphatic carbocycles. The van der Waals surface area contributed by atoms with Crippen LogP contribution in [0.4, 0.5) is 5.13 Å². The molecular formula is C24H22N4O3S2. The summed E-state index contributed by atoms with van der Waals surface area (Å²) in [5, 5.41) is 3.24. The van der Waals surface area contributed by atoms with Crippen molar-refractivity contribution in [3.05, 3.63) is 71.9 Å². The first kappa shape index (κ1) is 21.7. The van der Waals surface area contributed by atoms with E-state index >= 15 is 0 Å². The first-order valence-corrected chi connectivity index (χ1v) is 12.9. The predicted molar refractivity (Wildman–Crippen MR) is 130 cm³/mol. The van der Waals surface area contributed by atoms with E-state index in [-0.39, 0.29) is 10.8 Å². The highest BCUT2D eigenvalue weighted by Crippen LogP contribution is 2.30. The van der Waals surface area contributed by atoms with Crippen molar-refractivity contribution in [2.75, 3.05) is 18.4 Å². The summed E-state index contributed by atoms with van der Waals surface area (Å²) in [6, 6.07) is 18.3. The number of thiazole rings is 1. The molecule has 0 bridgehead atoms. The molecule has 2 aromatic heterocycles. The van der Waals surface area contributed by atoms with Gasteiger partial charge in [-0.2, -0.15) is 4.31 Å². The Bertz CT molecular complexity index is 1440. The van der Waals surface area contributed by atoms with Crippen molar-refractivity contribution >= 4 is 42.6 Å². The Kier molecular flexibility index (Phi) is 5.69. The van der Waals surface area contributed by atoms with Crippen molar-refractivity contribution in [2.45, 2.75) is 24.7 Å². The van der Waals surface area contributed by atoms with Crippen LogP contribution in [0.1, 0.15) is 28.9 Å². The van der Waals surface area contributed by atoms with Gasteiger partial charge in [-0.1, -0.05) is 41.7 Å². The smallest absolute Gasteiger partial charge is 0.259 e. The number of pyridine rings is 1. The minimum atomic E-state index is -3.50. The van der Waals surface area contributed by atoms with Crippen LogP contribution in [0.3, 0.4) is 0 Å². The molecule has 1 aliphatic rings. The Labute approximate surface area is 196 Å². The molecule has 0 unspecified atom stereocenters. The summed E-state index contributed by atoms with van der Waals surface area (Å²) in [6.07, 6.45) is 1.78. The van der Waals surface area contributed by atoms with Gasteiger partial charge in [-0.3, -0.25) is 15.1 Å². The van der Waals surface area contributed by atoms with Gasteiger partial charge < -0.3 is 0 Å². The average molecular weight is 479 g/mol. The van der Waals surface area contributed by atoms with Crippen LogP contribution < -0.4 is 5.32 Å². The van der Waals surface area contributed by atoms with Gasteiger partial charge in [0.1, 0.15) is 0 Å². The van der Waals surface area contributed by atoms with E-state index in [9.17, 15) is 13.2 Å². The summed E-state index contributed by atoms with van der Waals surface area (Å²) in [4.78, 5) is 22.2. The summed E-state index contributed by atoms with van der Waals surface area (Å²) < 4.78 is 27.9. The topological polar surface area (TPSA) is 92.3 Å². The molecule has 9 heteroatoms. The van der Waals surface area contributed by atoms with Gasteiger partial charge in [0.2, 0.25) is 10.0 Å². The summed E-state index contributed by atoms with van der Waals surface area (Å²) in [6.45, 7) is 2.91. The van der Waals surface area contributed by atoms with Gasteiger partial charge in [0.15, 0.2) is 5.13 Å². The fourth-order valence-electron chi connectivity index (χ4n) is 3.93. The van der Waals surface area contributed by atoms with Gasteiger partial charge in [-0.25, -0.2) is 13.4 Å². The van der Waals surface area contributed by atoms with Crippen LogP contribution in [-0.4, -0.2) is 41.7 Å². The van der Waals surface area contributed by atoms with Gasteiger partial charge in [0.05, 0.1) is 32.1 Å². The van der Waals surface area contributed by atoms with Gasteiger partial charge in [-0.05, 0) is 50.1 Å². The number of nitrogens with one attached hydrogen (secondary N) is 1. The number of aryl methyl sites for hydroxylation is 1. The molecule has 168 valence electrons. The van der Waals surface area contributed by atoms with Crippen molar-refractivity contribution in [1.29, 1.82) is 0 Å². The predicted octanol–water partition coefficient (Wildman–Crippen LogP) is 4.70. The number of hydrogen-bond acceptors (Lipinski definition) is 6. The highest BCUT2D eigenvalue weighted by Gasteiger charge is 2.27.